The highest BCUT2D eigenvalue weighted by atomic mass is 15.1. The lowest BCUT2D eigenvalue weighted by molar-refractivity contribution is 0.662. The molecule has 10 aromatic rings. The second-order valence-corrected chi connectivity index (χ2v) is 17.0. The van der Waals surface area contributed by atoms with Crippen molar-refractivity contribution in [2.45, 2.75) is 24.7 Å². The summed E-state index contributed by atoms with van der Waals surface area (Å²) in [4.78, 5) is 1.49. The van der Waals surface area contributed by atoms with E-state index in [4.69, 9.17) is 0 Å². The number of nitrogens with zero attached hydrogens (tertiary/aromatic N) is 1. The fraction of sp³-hybridized carbons (Fsp3) is 0.0645. The molecule has 0 saturated heterocycles. The smallest absolute Gasteiger partial charge is 0.0714 e. The molecule has 63 heavy (non-hydrogen) atoms. The molecule has 0 radical (unpaired) electrons. The Hall–Kier alpha value is -7.74. The molecule has 0 unspecified atom stereocenters. The molecule has 298 valence electrons. The van der Waals surface area contributed by atoms with Gasteiger partial charge in [-0.2, -0.15) is 0 Å². The summed E-state index contributed by atoms with van der Waals surface area (Å²) in [6.07, 6.45) is 0. The third-order valence-corrected chi connectivity index (χ3v) is 13.3. The summed E-state index contributed by atoms with van der Waals surface area (Å²) in [5.74, 6) is 0. The van der Waals surface area contributed by atoms with E-state index in [1.165, 1.54) is 4.90 Å². The molecule has 2 aliphatic rings. The van der Waals surface area contributed by atoms with Crippen LogP contribution in [-0.4, -0.2) is 0 Å². The van der Waals surface area contributed by atoms with Crippen molar-refractivity contribution in [3.05, 3.63) is 270 Å². The molecule has 0 saturated carbocycles. The average molecular weight is 812 g/mol. The van der Waals surface area contributed by atoms with E-state index in [9.17, 15) is 11.0 Å². The van der Waals surface area contributed by atoms with Gasteiger partial charge in [-0.05, 0) is 125 Å². The molecule has 0 spiro atoms. The molecule has 1 nitrogen and oxygen atoms in total. The van der Waals surface area contributed by atoms with Crippen molar-refractivity contribution < 1.29 is 11.0 Å². The van der Waals surface area contributed by atoms with E-state index in [2.05, 4.69) is 62.4 Å². The second-order valence-electron chi connectivity index (χ2n) is 17.0. The summed E-state index contributed by atoms with van der Waals surface area (Å²) in [7, 11) is 0. The molecule has 10 aromatic carbocycles. The van der Waals surface area contributed by atoms with Gasteiger partial charge in [-0.25, -0.2) is 0 Å². The summed E-state index contributed by atoms with van der Waals surface area (Å²) in [6, 6.07) is 59.2. The van der Waals surface area contributed by atoms with Crippen LogP contribution in [0.15, 0.2) is 236 Å². The lowest BCUT2D eigenvalue weighted by atomic mass is 9.67. The van der Waals surface area contributed by atoms with E-state index in [1.54, 1.807) is 0 Å². The van der Waals surface area contributed by atoms with Gasteiger partial charge in [-0.3, -0.25) is 0 Å². The fourth-order valence-electron chi connectivity index (χ4n) is 10.6. The number of rotatable bonds is 7. The van der Waals surface area contributed by atoms with Gasteiger partial charge < -0.3 is 4.90 Å². The molecule has 0 bridgehead atoms. The summed E-state index contributed by atoms with van der Waals surface area (Å²) < 4.78 is 78.9. The zero-order chi connectivity index (χ0) is 49.1. The molecular weight excluding hydrogens is 759 g/mol. The van der Waals surface area contributed by atoms with Crippen molar-refractivity contribution in [2.75, 3.05) is 4.90 Å². The Morgan fingerprint density at radius 2 is 0.968 bits per heavy atom. The summed E-state index contributed by atoms with van der Waals surface area (Å²) >= 11 is 0. The summed E-state index contributed by atoms with van der Waals surface area (Å²) in [5, 5.41) is 1.63. The summed E-state index contributed by atoms with van der Waals surface area (Å²) in [6.45, 7) is 4.25. The molecule has 12 rings (SSSR count). The standard InChI is InChI=1S/C62H45N/c1-61(2)57-32-13-11-28-54(57)56-31-17-30-52(60(56)61)43-34-36-47(37-35-43)63(48-25-15-20-44(40-48)51-29-16-19-42-18-9-10-26-50(42)51)49-38-39-55-53-27-12-14-33-58(53)62(59(55)41-49,45-21-5-3-6-22-45)46-23-7-4-8-24-46/h3-41H,1-2H3/i15D,20D,25D,34D,35D,36D,37D,40D. The maximum atomic E-state index is 10.2. The molecule has 0 N–H and O–H groups in total. The van der Waals surface area contributed by atoms with Gasteiger partial charge >= 0.3 is 0 Å². The molecule has 0 aromatic heterocycles. The zero-order valence-electron chi connectivity index (χ0n) is 42.8. The molecule has 0 atom stereocenters. The minimum atomic E-state index is -0.875. The van der Waals surface area contributed by atoms with E-state index in [0.717, 1.165) is 66.4 Å². The molecule has 0 fully saturated rings. The normalized spacial score (nSPS) is 15.6. The fourth-order valence-corrected chi connectivity index (χ4v) is 10.6. The van der Waals surface area contributed by atoms with Gasteiger partial charge in [0.1, 0.15) is 0 Å². The first-order valence-electron chi connectivity index (χ1n) is 25.5. The number of hydrogen-bond acceptors (Lipinski definition) is 1. The lowest BCUT2D eigenvalue weighted by Gasteiger charge is -2.35. The van der Waals surface area contributed by atoms with E-state index in [0.29, 0.717) is 16.8 Å². The lowest BCUT2D eigenvalue weighted by Crippen LogP contribution is -2.28. The topological polar surface area (TPSA) is 3.24 Å². The van der Waals surface area contributed by atoms with Crippen LogP contribution in [0.4, 0.5) is 17.1 Å². The first kappa shape index (κ1) is 29.5. The molecule has 2 aliphatic carbocycles. The zero-order valence-corrected chi connectivity index (χ0v) is 34.8. The van der Waals surface area contributed by atoms with Gasteiger partial charge in [0, 0.05) is 22.5 Å². The van der Waals surface area contributed by atoms with Crippen LogP contribution >= 0.6 is 0 Å². The maximum Gasteiger partial charge on any atom is 0.0714 e. The van der Waals surface area contributed by atoms with E-state index in [-0.39, 0.29) is 58.8 Å². The Labute approximate surface area is 381 Å². The van der Waals surface area contributed by atoms with Gasteiger partial charge in [-0.15, -0.1) is 0 Å². The van der Waals surface area contributed by atoms with Gasteiger partial charge in [0.15, 0.2) is 0 Å². The van der Waals surface area contributed by atoms with Crippen molar-refractivity contribution in [3.8, 4) is 44.5 Å². The first-order valence-corrected chi connectivity index (χ1v) is 21.5. The quantitative estimate of drug-likeness (QED) is 0.155. The third-order valence-electron chi connectivity index (χ3n) is 13.3. The average Bonchev–Trinajstić information content (AvgIpc) is 3.83. The van der Waals surface area contributed by atoms with Gasteiger partial charge in [0.05, 0.1) is 16.4 Å². The van der Waals surface area contributed by atoms with Crippen LogP contribution in [0.5, 0.6) is 0 Å². The van der Waals surface area contributed by atoms with Gasteiger partial charge in [0.25, 0.3) is 0 Å². The molecule has 0 amide bonds. The van der Waals surface area contributed by atoms with Crippen LogP contribution in [0, 0.1) is 0 Å². The van der Waals surface area contributed by atoms with Crippen LogP contribution in [0.25, 0.3) is 55.3 Å². The van der Waals surface area contributed by atoms with Crippen molar-refractivity contribution in [1.82, 2.24) is 0 Å². The van der Waals surface area contributed by atoms with E-state index in [1.807, 2.05) is 140 Å². The predicted octanol–water partition coefficient (Wildman–Crippen LogP) is 16.3. The first-order chi connectivity index (χ1) is 34.4. The largest absolute Gasteiger partial charge is 0.310 e. The highest BCUT2D eigenvalue weighted by Crippen LogP contribution is 2.58. The Morgan fingerprint density at radius 3 is 1.73 bits per heavy atom. The number of benzene rings is 10. The third kappa shape index (κ3) is 5.63. The number of hydrogen-bond donors (Lipinski definition) is 0. The summed E-state index contributed by atoms with van der Waals surface area (Å²) in [5.41, 5.74) is 10.00. The number of anilines is 3. The van der Waals surface area contributed by atoms with E-state index < -0.39 is 22.9 Å². The maximum absolute atomic E-state index is 10.2. The molecular formula is C62H45N. The van der Waals surface area contributed by atoms with Crippen LogP contribution in [0.3, 0.4) is 0 Å². The Bertz CT molecular complexity index is 3770. The molecule has 1 heteroatoms. The Balaban J connectivity index is 1.18. The minimum absolute atomic E-state index is 0.118. The van der Waals surface area contributed by atoms with Gasteiger partial charge in [-0.1, -0.05) is 214 Å². The second kappa shape index (κ2) is 14.4. The highest BCUT2D eigenvalue weighted by Gasteiger charge is 2.46. The van der Waals surface area contributed by atoms with E-state index >= 15 is 0 Å². The van der Waals surface area contributed by atoms with Crippen molar-refractivity contribution in [1.29, 1.82) is 0 Å². The minimum Gasteiger partial charge on any atom is -0.310 e. The Kier molecular flexibility index (Phi) is 6.76. The predicted molar refractivity (Wildman–Crippen MR) is 264 cm³/mol. The van der Waals surface area contributed by atoms with Crippen LogP contribution in [0.1, 0.15) is 58.2 Å². The number of fused-ring (bicyclic) bond motifs is 7. The SMILES string of the molecule is [2H]c1c([2H])c(-c2cccc3ccccc23)c([2H])c(N(c2ccc3c(c2)C(c2ccccc2)(c2ccccc2)c2ccccc2-3)c2c([2H])c([2H])c(-c3cccc4c3C(C)(C)c3ccccc3-4)c([2H])c2[2H])c1[2H]. The van der Waals surface area contributed by atoms with Crippen molar-refractivity contribution in [3.63, 3.8) is 0 Å². The highest BCUT2D eigenvalue weighted by molar-refractivity contribution is 5.98. The van der Waals surface area contributed by atoms with Crippen molar-refractivity contribution in [2.24, 2.45) is 0 Å². The Morgan fingerprint density at radius 1 is 0.397 bits per heavy atom. The van der Waals surface area contributed by atoms with Gasteiger partial charge in [0.2, 0.25) is 0 Å². The van der Waals surface area contributed by atoms with Crippen molar-refractivity contribution >= 4 is 27.8 Å². The molecule has 0 heterocycles. The molecule has 0 aliphatic heterocycles. The van der Waals surface area contributed by atoms with Crippen LogP contribution in [0.2, 0.25) is 0 Å². The van der Waals surface area contributed by atoms with Crippen LogP contribution in [-0.2, 0) is 10.8 Å². The van der Waals surface area contributed by atoms with Crippen LogP contribution < -0.4 is 4.90 Å². The monoisotopic (exact) mass is 811 g/mol.